The number of nitrogens with two attached hydrogens (primary N) is 1. The first kappa shape index (κ1) is 31.1. The number of nitrogens with one attached hydrogen (secondary N) is 1. The summed E-state index contributed by atoms with van der Waals surface area (Å²) < 4.78 is 10.7. The Bertz CT molecular complexity index is 996. The molecule has 0 saturated heterocycles. The third kappa shape index (κ3) is 8.98. The normalized spacial score (nSPS) is 15.1. The number of amides is 1. The fourth-order valence-corrected chi connectivity index (χ4v) is 5.75. The molecule has 0 aliphatic heterocycles. The highest BCUT2D eigenvalue weighted by Gasteiger charge is 2.48. The second kappa shape index (κ2) is 16.0. The third-order valence-electron chi connectivity index (χ3n) is 5.99. The summed E-state index contributed by atoms with van der Waals surface area (Å²) in [6, 6.07) is 17.8. The van der Waals surface area contributed by atoms with E-state index >= 15 is 0 Å². The number of carbonyl (C=O) groups is 3. The van der Waals surface area contributed by atoms with Gasteiger partial charge in [-0.3, -0.25) is 9.59 Å². The van der Waals surface area contributed by atoms with E-state index in [0.29, 0.717) is 12.8 Å². The molecule has 202 valence electrons. The minimum atomic E-state index is -2.13. The minimum Gasteiger partial charge on any atom is -0.464 e. The molecule has 2 aromatic carbocycles. The molecular formula is C27H36N2O5S3. The van der Waals surface area contributed by atoms with Crippen LogP contribution >= 0.6 is 34.2 Å². The number of benzene rings is 2. The largest absolute Gasteiger partial charge is 0.464 e. The van der Waals surface area contributed by atoms with Crippen LogP contribution in [0, 0.1) is 5.92 Å². The Hall–Kier alpha value is -2.14. The summed E-state index contributed by atoms with van der Waals surface area (Å²) in [7, 11) is 2.51. The first-order chi connectivity index (χ1) is 17.8. The van der Waals surface area contributed by atoms with Gasteiger partial charge in [-0.25, -0.2) is 4.79 Å². The lowest BCUT2D eigenvalue weighted by atomic mass is 9.90. The van der Waals surface area contributed by atoms with E-state index in [-0.39, 0.29) is 23.3 Å². The van der Waals surface area contributed by atoms with E-state index in [2.05, 4.69) is 17.0 Å². The van der Waals surface area contributed by atoms with Gasteiger partial charge in [-0.1, -0.05) is 78.4 Å². The van der Waals surface area contributed by atoms with Crippen molar-refractivity contribution in [3.63, 3.8) is 0 Å². The van der Waals surface area contributed by atoms with Crippen LogP contribution in [-0.2, 0) is 36.0 Å². The highest BCUT2D eigenvalue weighted by Crippen LogP contribution is 2.31. The number of esters is 2. The smallest absolute Gasteiger partial charge is 0.377 e. The molecule has 1 amide bonds. The van der Waals surface area contributed by atoms with Crippen LogP contribution in [0.5, 0.6) is 0 Å². The van der Waals surface area contributed by atoms with Crippen LogP contribution in [0.2, 0.25) is 0 Å². The van der Waals surface area contributed by atoms with Crippen LogP contribution in [0.4, 0.5) is 0 Å². The molecule has 37 heavy (non-hydrogen) atoms. The van der Waals surface area contributed by atoms with E-state index in [9.17, 15) is 14.4 Å². The molecule has 4 atom stereocenters. The molecule has 10 heteroatoms. The lowest BCUT2D eigenvalue weighted by molar-refractivity contribution is -0.189. The van der Waals surface area contributed by atoms with E-state index in [0.717, 1.165) is 17.7 Å². The van der Waals surface area contributed by atoms with Gasteiger partial charge in [-0.05, 0) is 36.8 Å². The van der Waals surface area contributed by atoms with Gasteiger partial charge < -0.3 is 20.5 Å². The molecule has 0 heterocycles. The number of carbonyl (C=O) groups excluding carboxylic acids is 3. The van der Waals surface area contributed by atoms with Crippen LogP contribution in [0.3, 0.4) is 0 Å². The number of hydrogen-bond donors (Lipinski definition) is 3. The summed E-state index contributed by atoms with van der Waals surface area (Å²) in [6.45, 7) is 1.61. The Balaban J connectivity index is 2.47. The second-order valence-electron chi connectivity index (χ2n) is 8.57. The van der Waals surface area contributed by atoms with Gasteiger partial charge in [0.2, 0.25) is 5.91 Å². The van der Waals surface area contributed by atoms with Crippen molar-refractivity contribution in [2.45, 2.75) is 49.6 Å². The monoisotopic (exact) mass is 564 g/mol. The van der Waals surface area contributed by atoms with Gasteiger partial charge in [0.25, 0.3) is 0 Å². The Kier molecular flexibility index (Phi) is 13.4. The van der Waals surface area contributed by atoms with Crippen molar-refractivity contribution in [3.05, 3.63) is 71.8 Å². The summed E-state index contributed by atoms with van der Waals surface area (Å²) in [5.74, 6) is -1.69. The standard InChI is InChI=1S/C27H36N2O5S3/c1-4-24(30)34-27(26(32)33-2,21-13-9-6-10-14-21)29-25(31)20(17-19-11-7-5-8-12-19)18-23(37-35)22(28)15-16-36-3/h5-14,20,22-23,35H,4,15-18,28H2,1-3H3,(H,29,31). The molecule has 0 aromatic heterocycles. The summed E-state index contributed by atoms with van der Waals surface area (Å²) in [4.78, 5) is 39.5. The summed E-state index contributed by atoms with van der Waals surface area (Å²) in [6.07, 6.45) is 3.63. The molecule has 7 nitrogen and oxygen atoms in total. The maximum atomic E-state index is 13.9. The topological polar surface area (TPSA) is 108 Å². The van der Waals surface area contributed by atoms with E-state index < -0.39 is 29.5 Å². The highest BCUT2D eigenvalue weighted by molar-refractivity contribution is 8.68. The van der Waals surface area contributed by atoms with Gasteiger partial charge in [0, 0.05) is 29.2 Å². The number of thiol groups is 1. The van der Waals surface area contributed by atoms with Gasteiger partial charge in [0.15, 0.2) is 0 Å². The van der Waals surface area contributed by atoms with Gasteiger partial charge in [0.05, 0.1) is 7.11 Å². The van der Waals surface area contributed by atoms with Crippen molar-refractivity contribution in [1.82, 2.24) is 5.32 Å². The SMILES string of the molecule is CCC(=O)OC(NC(=O)C(Cc1ccccc1)CC(SS)C(N)CCSC)(C(=O)OC)c1ccccc1. The number of ether oxygens (including phenoxy) is 2. The van der Waals surface area contributed by atoms with E-state index in [4.69, 9.17) is 15.2 Å². The molecule has 0 aliphatic rings. The Morgan fingerprint density at radius 3 is 2.24 bits per heavy atom. The molecule has 0 radical (unpaired) electrons. The third-order valence-corrected chi connectivity index (χ3v) is 8.26. The lowest BCUT2D eigenvalue weighted by Gasteiger charge is -2.34. The molecule has 3 N–H and O–H groups in total. The molecule has 2 rings (SSSR count). The Morgan fingerprint density at radius 2 is 1.70 bits per heavy atom. The highest BCUT2D eigenvalue weighted by atomic mass is 33.1. The molecule has 4 unspecified atom stereocenters. The quantitative estimate of drug-likeness (QED) is 0.127. The average Bonchev–Trinajstić information content (AvgIpc) is 2.93. The first-order valence-corrected chi connectivity index (χ1v) is 15.4. The molecule has 0 fully saturated rings. The number of hydrogen-bond acceptors (Lipinski definition) is 9. The number of methoxy groups -OCH3 is 1. The van der Waals surface area contributed by atoms with Crippen molar-refractivity contribution in [2.24, 2.45) is 11.7 Å². The van der Waals surface area contributed by atoms with Gasteiger partial charge in [-0.15, -0.1) is 11.7 Å². The van der Waals surface area contributed by atoms with Crippen LogP contribution in [0.1, 0.15) is 37.3 Å². The summed E-state index contributed by atoms with van der Waals surface area (Å²) in [5.41, 5.74) is 5.59. The van der Waals surface area contributed by atoms with Gasteiger partial charge in [0.1, 0.15) is 0 Å². The zero-order valence-corrected chi connectivity index (χ0v) is 24.0. The van der Waals surface area contributed by atoms with Crippen molar-refractivity contribution in [1.29, 1.82) is 0 Å². The lowest BCUT2D eigenvalue weighted by Crippen LogP contribution is -2.57. The predicted octanol–water partition coefficient (Wildman–Crippen LogP) is 4.36. The first-order valence-electron chi connectivity index (χ1n) is 12.1. The van der Waals surface area contributed by atoms with Gasteiger partial charge >= 0.3 is 17.7 Å². The Morgan fingerprint density at radius 1 is 1.08 bits per heavy atom. The maximum Gasteiger partial charge on any atom is 0.377 e. The van der Waals surface area contributed by atoms with Crippen LogP contribution in [0.25, 0.3) is 0 Å². The second-order valence-corrected chi connectivity index (χ2v) is 11.0. The zero-order chi connectivity index (χ0) is 27.3. The minimum absolute atomic E-state index is 0.0115. The van der Waals surface area contributed by atoms with E-state index in [1.807, 2.05) is 36.6 Å². The number of thioether (sulfide) groups is 1. The summed E-state index contributed by atoms with van der Waals surface area (Å²) in [5, 5.41) is 2.65. The fourth-order valence-electron chi connectivity index (χ4n) is 3.90. The zero-order valence-electron chi connectivity index (χ0n) is 21.4. The molecule has 0 bridgehead atoms. The maximum absolute atomic E-state index is 13.9. The molecular weight excluding hydrogens is 529 g/mol. The van der Waals surface area contributed by atoms with E-state index in [1.165, 1.54) is 17.9 Å². The van der Waals surface area contributed by atoms with Crippen LogP contribution in [0.15, 0.2) is 60.7 Å². The summed E-state index contributed by atoms with van der Waals surface area (Å²) >= 11 is 6.16. The van der Waals surface area contributed by atoms with E-state index in [1.54, 1.807) is 49.0 Å². The molecule has 2 aromatic rings. The molecule has 0 aliphatic carbocycles. The van der Waals surface area contributed by atoms with Crippen LogP contribution < -0.4 is 11.1 Å². The number of rotatable bonds is 15. The Labute approximate surface area is 232 Å². The van der Waals surface area contributed by atoms with Crippen molar-refractivity contribution >= 4 is 52.1 Å². The van der Waals surface area contributed by atoms with Crippen molar-refractivity contribution in [3.8, 4) is 0 Å². The fraction of sp³-hybridized carbons (Fsp3) is 0.444. The van der Waals surface area contributed by atoms with Crippen molar-refractivity contribution in [2.75, 3.05) is 19.1 Å². The predicted molar refractivity (Wildman–Crippen MR) is 154 cm³/mol. The van der Waals surface area contributed by atoms with Crippen LogP contribution in [-0.4, -0.2) is 48.3 Å². The molecule has 0 spiro atoms. The van der Waals surface area contributed by atoms with Crippen molar-refractivity contribution < 1.29 is 23.9 Å². The average molecular weight is 565 g/mol. The van der Waals surface area contributed by atoms with Gasteiger partial charge in [-0.2, -0.15) is 11.8 Å². The molecule has 0 saturated carbocycles.